The Morgan fingerprint density at radius 2 is 2.06 bits per heavy atom. The number of rotatable bonds is 6. The normalized spacial score (nSPS) is 17.4. The summed E-state index contributed by atoms with van der Waals surface area (Å²) in [5.74, 6) is 0. The van der Waals surface area contributed by atoms with Crippen LogP contribution in [0.1, 0.15) is 31.4 Å². The zero-order valence-corrected chi connectivity index (χ0v) is 11.4. The Hall–Kier alpha value is -1.11. The Morgan fingerprint density at radius 3 is 2.67 bits per heavy atom. The van der Waals surface area contributed by atoms with E-state index < -0.39 is 10.2 Å². The van der Waals surface area contributed by atoms with Gasteiger partial charge in [-0.15, -0.1) is 0 Å². The number of benzene rings is 1. The SMILES string of the molecule is CNC(C)c1cccc(NS(=O)(=O)NC2CC2)c1. The topological polar surface area (TPSA) is 70.2 Å². The molecule has 1 unspecified atom stereocenters. The van der Waals surface area contributed by atoms with Gasteiger partial charge in [0.05, 0.1) is 5.69 Å². The molecular formula is C12H19N3O2S. The lowest BCUT2D eigenvalue weighted by Gasteiger charge is -2.13. The fourth-order valence-electron chi connectivity index (χ4n) is 1.64. The molecule has 0 spiro atoms. The van der Waals surface area contributed by atoms with E-state index in [4.69, 9.17) is 0 Å². The minimum atomic E-state index is -3.44. The lowest BCUT2D eigenvalue weighted by molar-refractivity contribution is 0.586. The molecule has 3 N–H and O–H groups in total. The third-order valence-electron chi connectivity index (χ3n) is 2.97. The van der Waals surface area contributed by atoms with Gasteiger partial charge in [-0.2, -0.15) is 13.1 Å². The van der Waals surface area contributed by atoms with Crippen LogP contribution in [0, 0.1) is 0 Å². The van der Waals surface area contributed by atoms with Crippen molar-refractivity contribution in [1.29, 1.82) is 0 Å². The van der Waals surface area contributed by atoms with E-state index in [-0.39, 0.29) is 12.1 Å². The van der Waals surface area contributed by atoms with Crippen LogP contribution in [0.25, 0.3) is 0 Å². The lowest BCUT2D eigenvalue weighted by Crippen LogP contribution is -2.31. The van der Waals surface area contributed by atoms with Crippen molar-refractivity contribution in [2.24, 2.45) is 0 Å². The molecule has 0 aliphatic heterocycles. The Balaban J connectivity index is 2.08. The van der Waals surface area contributed by atoms with Gasteiger partial charge in [0.15, 0.2) is 0 Å². The van der Waals surface area contributed by atoms with Gasteiger partial charge in [-0.1, -0.05) is 12.1 Å². The standard InChI is InChI=1S/C12H19N3O2S/c1-9(13-2)10-4-3-5-12(8-10)15-18(16,17)14-11-6-7-11/h3-5,8-9,11,13-15H,6-7H2,1-2H3. The van der Waals surface area contributed by atoms with Crippen LogP contribution in [0.3, 0.4) is 0 Å². The van der Waals surface area contributed by atoms with E-state index in [1.165, 1.54) is 0 Å². The highest BCUT2D eigenvalue weighted by molar-refractivity contribution is 7.90. The van der Waals surface area contributed by atoms with Crippen molar-refractivity contribution < 1.29 is 8.42 Å². The van der Waals surface area contributed by atoms with E-state index >= 15 is 0 Å². The van der Waals surface area contributed by atoms with E-state index in [1.807, 2.05) is 32.2 Å². The van der Waals surface area contributed by atoms with Crippen LogP contribution in [0.5, 0.6) is 0 Å². The molecule has 0 radical (unpaired) electrons. The number of hydrogen-bond donors (Lipinski definition) is 3. The fourth-order valence-corrected chi connectivity index (χ4v) is 2.81. The molecule has 1 aromatic rings. The first-order valence-electron chi connectivity index (χ1n) is 6.07. The number of anilines is 1. The van der Waals surface area contributed by atoms with Crippen LogP contribution < -0.4 is 14.8 Å². The second kappa shape index (κ2) is 5.26. The predicted octanol–water partition coefficient (Wildman–Crippen LogP) is 1.38. The Bertz CT molecular complexity index is 512. The first kappa shape index (κ1) is 13.3. The zero-order chi connectivity index (χ0) is 13.2. The molecule has 1 aromatic carbocycles. The molecule has 1 aliphatic carbocycles. The third kappa shape index (κ3) is 3.69. The largest absolute Gasteiger partial charge is 0.313 e. The van der Waals surface area contributed by atoms with Crippen molar-refractivity contribution in [2.45, 2.75) is 31.8 Å². The van der Waals surface area contributed by atoms with Gasteiger partial charge >= 0.3 is 0 Å². The van der Waals surface area contributed by atoms with Gasteiger partial charge in [-0.25, -0.2) is 0 Å². The first-order chi connectivity index (χ1) is 8.50. The average molecular weight is 269 g/mol. The molecule has 5 nitrogen and oxygen atoms in total. The molecule has 18 heavy (non-hydrogen) atoms. The van der Waals surface area contributed by atoms with E-state index in [0.717, 1.165) is 18.4 Å². The Morgan fingerprint density at radius 1 is 1.33 bits per heavy atom. The van der Waals surface area contributed by atoms with Crippen LogP contribution >= 0.6 is 0 Å². The summed E-state index contributed by atoms with van der Waals surface area (Å²) in [6.07, 6.45) is 1.86. The number of hydrogen-bond acceptors (Lipinski definition) is 3. The summed E-state index contributed by atoms with van der Waals surface area (Å²) in [7, 11) is -1.57. The quantitative estimate of drug-likeness (QED) is 0.730. The summed E-state index contributed by atoms with van der Waals surface area (Å²) in [4.78, 5) is 0. The van der Waals surface area contributed by atoms with Crippen molar-refractivity contribution >= 4 is 15.9 Å². The first-order valence-corrected chi connectivity index (χ1v) is 7.56. The third-order valence-corrected chi connectivity index (χ3v) is 4.12. The molecule has 1 saturated carbocycles. The van der Waals surface area contributed by atoms with Crippen molar-refractivity contribution in [1.82, 2.24) is 10.0 Å². The minimum absolute atomic E-state index is 0.113. The van der Waals surface area contributed by atoms with Crippen LogP contribution in [-0.2, 0) is 10.2 Å². The molecule has 1 aliphatic rings. The van der Waals surface area contributed by atoms with E-state index in [0.29, 0.717) is 5.69 Å². The second-order valence-electron chi connectivity index (χ2n) is 4.63. The predicted molar refractivity (Wildman–Crippen MR) is 72.6 cm³/mol. The minimum Gasteiger partial charge on any atom is -0.313 e. The van der Waals surface area contributed by atoms with Crippen molar-refractivity contribution in [3.05, 3.63) is 29.8 Å². The number of nitrogens with one attached hydrogen (secondary N) is 3. The fraction of sp³-hybridized carbons (Fsp3) is 0.500. The molecule has 0 amide bonds. The molecule has 0 aromatic heterocycles. The van der Waals surface area contributed by atoms with E-state index in [1.54, 1.807) is 6.07 Å². The van der Waals surface area contributed by atoms with Crippen LogP contribution in [0.4, 0.5) is 5.69 Å². The highest BCUT2D eigenvalue weighted by Crippen LogP contribution is 2.21. The maximum Gasteiger partial charge on any atom is 0.299 e. The zero-order valence-electron chi connectivity index (χ0n) is 10.6. The Kier molecular flexibility index (Phi) is 3.89. The smallest absolute Gasteiger partial charge is 0.299 e. The summed E-state index contributed by atoms with van der Waals surface area (Å²) in [5, 5.41) is 3.12. The summed E-state index contributed by atoms with van der Waals surface area (Å²) < 4.78 is 28.7. The molecule has 0 saturated heterocycles. The van der Waals surface area contributed by atoms with Gasteiger partial charge in [0.1, 0.15) is 0 Å². The lowest BCUT2D eigenvalue weighted by atomic mass is 10.1. The molecule has 1 atom stereocenters. The Labute approximate surface area is 108 Å². The summed E-state index contributed by atoms with van der Waals surface area (Å²) in [5.41, 5.74) is 1.63. The average Bonchev–Trinajstić information content (AvgIpc) is 3.10. The van der Waals surface area contributed by atoms with Crippen LogP contribution in [0.15, 0.2) is 24.3 Å². The molecular weight excluding hydrogens is 250 g/mol. The second-order valence-corrected chi connectivity index (χ2v) is 6.08. The van der Waals surface area contributed by atoms with Gasteiger partial charge in [0, 0.05) is 12.1 Å². The van der Waals surface area contributed by atoms with Crippen LogP contribution in [-0.4, -0.2) is 21.5 Å². The maximum absolute atomic E-state index is 11.8. The van der Waals surface area contributed by atoms with Gasteiger partial charge in [-0.3, -0.25) is 4.72 Å². The van der Waals surface area contributed by atoms with Crippen molar-refractivity contribution in [3.8, 4) is 0 Å². The van der Waals surface area contributed by atoms with Gasteiger partial charge in [-0.05, 0) is 44.5 Å². The maximum atomic E-state index is 11.8. The van der Waals surface area contributed by atoms with Gasteiger partial charge in [0.2, 0.25) is 0 Å². The highest BCUT2D eigenvalue weighted by Gasteiger charge is 2.26. The monoisotopic (exact) mass is 269 g/mol. The van der Waals surface area contributed by atoms with Gasteiger partial charge < -0.3 is 5.32 Å². The molecule has 1 fully saturated rings. The summed E-state index contributed by atoms with van der Waals surface area (Å²) >= 11 is 0. The van der Waals surface area contributed by atoms with Crippen molar-refractivity contribution in [2.75, 3.05) is 11.8 Å². The summed E-state index contributed by atoms with van der Waals surface area (Å²) in [6, 6.07) is 7.70. The molecule has 2 rings (SSSR count). The molecule has 100 valence electrons. The van der Waals surface area contributed by atoms with Gasteiger partial charge in [0.25, 0.3) is 10.2 Å². The summed E-state index contributed by atoms with van der Waals surface area (Å²) in [6.45, 7) is 2.02. The van der Waals surface area contributed by atoms with E-state index in [9.17, 15) is 8.42 Å². The van der Waals surface area contributed by atoms with E-state index in [2.05, 4.69) is 14.8 Å². The molecule has 6 heteroatoms. The molecule has 0 bridgehead atoms. The molecule has 0 heterocycles. The van der Waals surface area contributed by atoms with Crippen LogP contribution in [0.2, 0.25) is 0 Å². The highest BCUT2D eigenvalue weighted by atomic mass is 32.2. The van der Waals surface area contributed by atoms with Crippen molar-refractivity contribution in [3.63, 3.8) is 0 Å².